The molecule has 142 valence electrons. The third-order valence-electron chi connectivity index (χ3n) is 5.08. The van der Waals surface area contributed by atoms with E-state index >= 15 is 0 Å². The van der Waals surface area contributed by atoms with Gasteiger partial charge in [-0.25, -0.2) is 9.67 Å². The van der Waals surface area contributed by atoms with Crippen molar-refractivity contribution < 1.29 is 9.53 Å². The Hall–Kier alpha value is -2.70. The fourth-order valence-corrected chi connectivity index (χ4v) is 3.36. The Morgan fingerprint density at radius 3 is 2.67 bits per heavy atom. The predicted octanol–water partition coefficient (Wildman–Crippen LogP) is 2.27. The topological polar surface area (TPSA) is 86.1 Å². The molecular weight excluding hydrogens is 344 g/mol. The first kappa shape index (κ1) is 17.7. The van der Waals surface area contributed by atoms with Gasteiger partial charge in [-0.2, -0.15) is 5.10 Å². The Kier molecular flexibility index (Phi) is 5.18. The summed E-state index contributed by atoms with van der Waals surface area (Å²) >= 11 is 0. The molecule has 0 aliphatic heterocycles. The smallest absolute Gasteiger partial charge is 0.266 e. The van der Waals surface area contributed by atoms with E-state index in [9.17, 15) is 9.59 Å². The lowest BCUT2D eigenvalue weighted by atomic mass is 10.2. The summed E-state index contributed by atoms with van der Waals surface area (Å²) in [4.78, 5) is 28.4. The molecule has 2 heterocycles. The molecular formula is C20H24N4O3. The second-order valence-corrected chi connectivity index (χ2v) is 7.26. The fraction of sp³-hybridized carbons (Fsp3) is 0.500. The van der Waals surface area contributed by atoms with Crippen molar-refractivity contribution in [2.75, 3.05) is 6.54 Å². The van der Waals surface area contributed by atoms with E-state index in [-0.39, 0.29) is 17.6 Å². The number of pyridine rings is 1. The molecule has 1 N–H and O–H groups in total. The van der Waals surface area contributed by atoms with E-state index in [0.717, 1.165) is 31.4 Å². The van der Waals surface area contributed by atoms with Crippen LogP contribution in [0.4, 0.5) is 0 Å². The first-order valence-corrected chi connectivity index (χ1v) is 9.68. The average Bonchev–Trinajstić information content (AvgIpc) is 3.41. The van der Waals surface area contributed by atoms with E-state index in [1.807, 2.05) is 0 Å². The van der Waals surface area contributed by atoms with Crippen LogP contribution in [0.3, 0.4) is 0 Å². The summed E-state index contributed by atoms with van der Waals surface area (Å²) in [7, 11) is 0. The van der Waals surface area contributed by atoms with Crippen LogP contribution >= 0.6 is 0 Å². The van der Waals surface area contributed by atoms with Crippen molar-refractivity contribution in [3.8, 4) is 5.88 Å². The van der Waals surface area contributed by atoms with E-state index in [2.05, 4.69) is 15.4 Å². The number of carbonyl (C=O) groups is 1. The highest BCUT2D eigenvalue weighted by molar-refractivity contribution is 5.93. The summed E-state index contributed by atoms with van der Waals surface area (Å²) < 4.78 is 7.23. The molecule has 2 saturated carbocycles. The molecule has 2 aliphatic carbocycles. The number of nitrogens with one attached hydrogen (secondary N) is 1. The zero-order chi connectivity index (χ0) is 18.6. The third kappa shape index (κ3) is 4.53. The minimum Gasteiger partial charge on any atom is -0.474 e. The van der Waals surface area contributed by atoms with Crippen LogP contribution in [0, 0.1) is 0 Å². The third-order valence-corrected chi connectivity index (χ3v) is 5.08. The molecule has 2 aliphatic rings. The molecule has 2 fully saturated rings. The van der Waals surface area contributed by atoms with Crippen LogP contribution in [-0.2, 0) is 6.54 Å². The SMILES string of the molecule is O=C(NCCn1nc(C2CC2)ccc1=O)c1ccc(OC2CCCC2)nc1. The molecule has 0 aromatic carbocycles. The van der Waals surface area contributed by atoms with Gasteiger partial charge in [-0.3, -0.25) is 9.59 Å². The summed E-state index contributed by atoms with van der Waals surface area (Å²) in [5, 5.41) is 7.20. The lowest BCUT2D eigenvalue weighted by molar-refractivity contribution is 0.0951. The van der Waals surface area contributed by atoms with Gasteiger partial charge in [0.2, 0.25) is 5.88 Å². The molecule has 2 aromatic rings. The minimum atomic E-state index is -0.221. The maximum absolute atomic E-state index is 12.3. The number of rotatable bonds is 7. The van der Waals surface area contributed by atoms with Crippen molar-refractivity contribution in [3.63, 3.8) is 0 Å². The van der Waals surface area contributed by atoms with Crippen LogP contribution < -0.4 is 15.6 Å². The molecule has 7 nitrogen and oxygen atoms in total. The van der Waals surface area contributed by atoms with Crippen molar-refractivity contribution >= 4 is 5.91 Å². The molecule has 0 atom stereocenters. The summed E-state index contributed by atoms with van der Waals surface area (Å²) in [6, 6.07) is 6.80. The van der Waals surface area contributed by atoms with E-state index in [1.54, 1.807) is 24.3 Å². The Morgan fingerprint density at radius 2 is 1.96 bits per heavy atom. The van der Waals surface area contributed by atoms with Crippen molar-refractivity contribution in [2.24, 2.45) is 0 Å². The number of amides is 1. The Bertz CT molecular complexity index is 852. The van der Waals surface area contributed by atoms with Crippen LogP contribution in [0.25, 0.3) is 0 Å². The van der Waals surface area contributed by atoms with Gasteiger partial charge in [0.15, 0.2) is 0 Å². The van der Waals surface area contributed by atoms with Gasteiger partial charge in [0.25, 0.3) is 11.5 Å². The second-order valence-electron chi connectivity index (χ2n) is 7.26. The first-order valence-electron chi connectivity index (χ1n) is 9.68. The zero-order valence-electron chi connectivity index (χ0n) is 15.3. The van der Waals surface area contributed by atoms with Gasteiger partial charge in [-0.1, -0.05) is 0 Å². The maximum atomic E-state index is 12.3. The van der Waals surface area contributed by atoms with Crippen LogP contribution in [0.15, 0.2) is 35.3 Å². The molecule has 27 heavy (non-hydrogen) atoms. The number of hydrogen-bond acceptors (Lipinski definition) is 5. The van der Waals surface area contributed by atoms with Gasteiger partial charge in [-0.15, -0.1) is 0 Å². The van der Waals surface area contributed by atoms with Gasteiger partial charge >= 0.3 is 0 Å². The van der Waals surface area contributed by atoms with Gasteiger partial charge in [0, 0.05) is 30.8 Å². The van der Waals surface area contributed by atoms with Gasteiger partial charge in [0.1, 0.15) is 6.10 Å². The Balaban J connectivity index is 1.29. The van der Waals surface area contributed by atoms with Crippen LogP contribution in [0.1, 0.15) is 60.5 Å². The summed E-state index contributed by atoms with van der Waals surface area (Å²) in [6.07, 6.45) is 8.58. The largest absolute Gasteiger partial charge is 0.474 e. The van der Waals surface area contributed by atoms with E-state index in [4.69, 9.17) is 4.74 Å². The van der Waals surface area contributed by atoms with Crippen molar-refractivity contribution in [3.05, 3.63) is 52.1 Å². The molecule has 0 spiro atoms. The quantitative estimate of drug-likeness (QED) is 0.810. The highest BCUT2D eigenvalue weighted by Crippen LogP contribution is 2.38. The highest BCUT2D eigenvalue weighted by Gasteiger charge is 2.25. The molecule has 0 radical (unpaired) electrons. The number of ether oxygens (including phenoxy) is 1. The summed E-state index contributed by atoms with van der Waals surface area (Å²) in [6.45, 7) is 0.682. The molecule has 2 aromatic heterocycles. The maximum Gasteiger partial charge on any atom is 0.266 e. The number of nitrogens with zero attached hydrogens (tertiary/aromatic N) is 3. The molecule has 0 bridgehead atoms. The predicted molar refractivity (Wildman–Crippen MR) is 99.9 cm³/mol. The summed E-state index contributed by atoms with van der Waals surface area (Å²) in [5.74, 6) is 0.829. The summed E-state index contributed by atoms with van der Waals surface area (Å²) in [5.41, 5.74) is 1.28. The van der Waals surface area contributed by atoms with Gasteiger partial charge in [-0.05, 0) is 50.7 Å². The van der Waals surface area contributed by atoms with E-state index in [0.29, 0.717) is 30.5 Å². The lowest BCUT2D eigenvalue weighted by Gasteiger charge is -2.12. The molecule has 4 rings (SSSR count). The molecule has 0 saturated heterocycles. The molecule has 7 heteroatoms. The van der Waals surface area contributed by atoms with Crippen LogP contribution in [0.2, 0.25) is 0 Å². The van der Waals surface area contributed by atoms with Crippen molar-refractivity contribution in [1.82, 2.24) is 20.1 Å². The standard InChI is InChI=1S/C20H24N4O3/c25-19-10-8-17(14-5-6-14)23-24(19)12-11-21-20(26)15-7-9-18(22-13-15)27-16-3-1-2-4-16/h7-10,13-14,16H,1-6,11-12H2,(H,21,26). The van der Waals surface area contributed by atoms with E-state index < -0.39 is 0 Å². The monoisotopic (exact) mass is 368 g/mol. The minimum absolute atomic E-state index is 0.149. The lowest BCUT2D eigenvalue weighted by Crippen LogP contribution is -2.32. The Labute approximate surface area is 157 Å². The number of hydrogen-bond donors (Lipinski definition) is 1. The van der Waals surface area contributed by atoms with Crippen LogP contribution in [-0.4, -0.2) is 33.3 Å². The molecule has 0 unspecified atom stereocenters. The highest BCUT2D eigenvalue weighted by atomic mass is 16.5. The van der Waals surface area contributed by atoms with E-state index in [1.165, 1.54) is 23.7 Å². The van der Waals surface area contributed by atoms with Gasteiger partial charge in [0.05, 0.1) is 17.8 Å². The zero-order valence-corrected chi connectivity index (χ0v) is 15.3. The van der Waals surface area contributed by atoms with Gasteiger partial charge < -0.3 is 10.1 Å². The average molecular weight is 368 g/mol. The second kappa shape index (κ2) is 7.90. The number of aromatic nitrogens is 3. The fourth-order valence-electron chi connectivity index (χ4n) is 3.36. The Morgan fingerprint density at radius 1 is 1.15 bits per heavy atom. The normalized spacial score (nSPS) is 17.0. The molecule has 1 amide bonds. The van der Waals surface area contributed by atoms with Crippen molar-refractivity contribution in [1.29, 1.82) is 0 Å². The number of carbonyl (C=O) groups excluding carboxylic acids is 1. The van der Waals surface area contributed by atoms with Crippen molar-refractivity contribution in [2.45, 2.75) is 57.1 Å². The van der Waals surface area contributed by atoms with Crippen LogP contribution in [0.5, 0.6) is 5.88 Å². The first-order chi connectivity index (χ1) is 13.2.